The Labute approximate surface area is 70.6 Å². The molecule has 0 bridgehead atoms. The van der Waals surface area contributed by atoms with Crippen LogP contribution in [0.3, 0.4) is 0 Å². The molecule has 0 saturated heterocycles. The fourth-order valence-electron chi connectivity index (χ4n) is 0.517. The van der Waals surface area contributed by atoms with E-state index in [4.69, 9.17) is 0 Å². The van der Waals surface area contributed by atoms with Gasteiger partial charge in [0, 0.05) is 12.8 Å². The molecule has 5 heteroatoms. The monoisotopic (exact) mass is 220 g/mol. The SMILES string of the molecule is O=CCCc1nnc(Br)s1. The largest absolute Gasteiger partial charge is 0.303 e. The number of carbonyl (C=O) groups is 1. The number of aromatic nitrogens is 2. The van der Waals surface area contributed by atoms with Crippen LogP contribution >= 0.6 is 27.3 Å². The van der Waals surface area contributed by atoms with E-state index in [0.717, 1.165) is 15.2 Å². The van der Waals surface area contributed by atoms with Crippen molar-refractivity contribution < 1.29 is 4.79 Å². The summed E-state index contributed by atoms with van der Waals surface area (Å²) in [6.45, 7) is 0. The van der Waals surface area contributed by atoms with Crippen molar-refractivity contribution in [2.45, 2.75) is 12.8 Å². The van der Waals surface area contributed by atoms with Crippen molar-refractivity contribution in [3.63, 3.8) is 0 Å². The molecule has 0 aliphatic rings. The highest BCUT2D eigenvalue weighted by molar-refractivity contribution is 9.11. The van der Waals surface area contributed by atoms with Gasteiger partial charge in [0.15, 0.2) is 3.92 Å². The lowest BCUT2D eigenvalue weighted by Gasteiger charge is -1.82. The van der Waals surface area contributed by atoms with E-state index >= 15 is 0 Å². The molecule has 3 nitrogen and oxygen atoms in total. The van der Waals surface area contributed by atoms with E-state index in [0.29, 0.717) is 12.8 Å². The molecule has 1 aromatic rings. The molecule has 0 aliphatic heterocycles. The van der Waals surface area contributed by atoms with Crippen LogP contribution in [0.1, 0.15) is 11.4 Å². The van der Waals surface area contributed by atoms with Crippen molar-refractivity contribution in [3.8, 4) is 0 Å². The second-order valence-electron chi connectivity index (χ2n) is 1.65. The van der Waals surface area contributed by atoms with Crippen LogP contribution in [-0.4, -0.2) is 16.5 Å². The first kappa shape index (κ1) is 7.81. The Morgan fingerprint density at radius 1 is 1.60 bits per heavy atom. The molecule has 0 aliphatic carbocycles. The minimum absolute atomic E-state index is 0.529. The van der Waals surface area contributed by atoms with E-state index < -0.39 is 0 Å². The Kier molecular flexibility index (Phi) is 2.95. The Hall–Kier alpha value is -0.290. The van der Waals surface area contributed by atoms with Crippen molar-refractivity contribution in [1.82, 2.24) is 10.2 Å². The zero-order valence-corrected chi connectivity index (χ0v) is 7.48. The second-order valence-corrected chi connectivity index (χ2v) is 3.99. The molecule has 1 heterocycles. The number of rotatable bonds is 3. The molecule has 0 amide bonds. The molecule has 1 rings (SSSR count). The molecule has 0 fully saturated rings. The summed E-state index contributed by atoms with van der Waals surface area (Å²) in [6, 6.07) is 0. The van der Waals surface area contributed by atoms with E-state index in [-0.39, 0.29) is 0 Å². The summed E-state index contributed by atoms with van der Waals surface area (Å²) in [6.07, 6.45) is 2.11. The van der Waals surface area contributed by atoms with Gasteiger partial charge in [-0.3, -0.25) is 0 Å². The third-order valence-electron chi connectivity index (χ3n) is 0.918. The van der Waals surface area contributed by atoms with Gasteiger partial charge in [0.05, 0.1) is 0 Å². The molecule has 0 aromatic carbocycles. The van der Waals surface area contributed by atoms with Crippen LogP contribution < -0.4 is 0 Å². The summed E-state index contributed by atoms with van der Waals surface area (Å²) < 4.78 is 0.772. The Bertz CT molecular complexity index is 225. The van der Waals surface area contributed by atoms with Crippen molar-refractivity contribution in [2.75, 3.05) is 0 Å². The van der Waals surface area contributed by atoms with Crippen LogP contribution in [-0.2, 0) is 11.2 Å². The van der Waals surface area contributed by atoms with E-state index in [1.165, 1.54) is 11.3 Å². The highest BCUT2D eigenvalue weighted by Crippen LogP contribution is 2.16. The van der Waals surface area contributed by atoms with Gasteiger partial charge in [-0.25, -0.2) is 0 Å². The summed E-state index contributed by atoms with van der Waals surface area (Å²) in [7, 11) is 0. The van der Waals surface area contributed by atoms with Gasteiger partial charge in [-0.1, -0.05) is 11.3 Å². The lowest BCUT2D eigenvalue weighted by Crippen LogP contribution is -1.83. The van der Waals surface area contributed by atoms with Gasteiger partial charge in [0.2, 0.25) is 0 Å². The molecule has 0 spiro atoms. The van der Waals surface area contributed by atoms with Crippen LogP contribution in [0.25, 0.3) is 0 Å². The number of halogens is 1. The van der Waals surface area contributed by atoms with Gasteiger partial charge in [-0.05, 0) is 15.9 Å². The lowest BCUT2D eigenvalue weighted by molar-refractivity contribution is -0.107. The molecule has 0 unspecified atom stereocenters. The molecule has 54 valence electrons. The summed E-state index contributed by atoms with van der Waals surface area (Å²) in [4.78, 5) is 9.93. The maximum atomic E-state index is 9.93. The zero-order valence-electron chi connectivity index (χ0n) is 5.08. The molecule has 0 saturated carbocycles. The predicted octanol–water partition coefficient (Wildman–Crippen LogP) is 1.43. The van der Waals surface area contributed by atoms with Gasteiger partial charge in [-0.15, -0.1) is 10.2 Å². The van der Waals surface area contributed by atoms with Crippen LogP contribution in [0.15, 0.2) is 3.92 Å². The first-order valence-electron chi connectivity index (χ1n) is 2.74. The zero-order chi connectivity index (χ0) is 7.40. The van der Waals surface area contributed by atoms with Crippen LogP contribution in [0, 0.1) is 0 Å². The average Bonchev–Trinajstić information content (AvgIpc) is 2.31. The van der Waals surface area contributed by atoms with Gasteiger partial charge in [0.25, 0.3) is 0 Å². The Morgan fingerprint density at radius 2 is 2.40 bits per heavy atom. The number of aryl methyl sites for hydroxylation is 1. The maximum Gasteiger partial charge on any atom is 0.183 e. The molecule has 10 heavy (non-hydrogen) atoms. The van der Waals surface area contributed by atoms with Crippen molar-refractivity contribution in [1.29, 1.82) is 0 Å². The van der Waals surface area contributed by atoms with Gasteiger partial charge >= 0.3 is 0 Å². The number of aldehydes is 1. The molecule has 0 N–H and O–H groups in total. The molecular weight excluding hydrogens is 216 g/mol. The highest BCUT2D eigenvalue weighted by Gasteiger charge is 1.98. The summed E-state index contributed by atoms with van der Waals surface area (Å²) in [5, 5.41) is 8.46. The van der Waals surface area contributed by atoms with Crippen LogP contribution in [0.2, 0.25) is 0 Å². The third kappa shape index (κ3) is 2.15. The number of hydrogen-bond donors (Lipinski definition) is 0. The topological polar surface area (TPSA) is 42.9 Å². The fraction of sp³-hybridized carbons (Fsp3) is 0.400. The van der Waals surface area contributed by atoms with Crippen molar-refractivity contribution >= 4 is 33.6 Å². The quantitative estimate of drug-likeness (QED) is 0.725. The minimum Gasteiger partial charge on any atom is -0.303 e. The minimum atomic E-state index is 0.529. The standard InChI is InChI=1S/C5H5BrN2OS/c6-5-8-7-4(10-5)2-1-3-9/h3H,1-2H2. The van der Waals surface area contributed by atoms with Gasteiger partial charge in [0.1, 0.15) is 11.3 Å². The Balaban J connectivity index is 2.49. The highest BCUT2D eigenvalue weighted by atomic mass is 79.9. The smallest absolute Gasteiger partial charge is 0.183 e. The Morgan fingerprint density at radius 3 is 2.90 bits per heavy atom. The normalized spacial score (nSPS) is 9.70. The lowest BCUT2D eigenvalue weighted by atomic mass is 10.3. The van der Waals surface area contributed by atoms with Crippen LogP contribution in [0.5, 0.6) is 0 Å². The molecule has 0 radical (unpaired) electrons. The maximum absolute atomic E-state index is 9.93. The number of hydrogen-bond acceptors (Lipinski definition) is 4. The first-order chi connectivity index (χ1) is 4.83. The molecular formula is C5H5BrN2OS. The molecule has 1 aromatic heterocycles. The summed E-state index contributed by atoms with van der Waals surface area (Å²) in [5.74, 6) is 0. The van der Waals surface area contributed by atoms with Crippen molar-refractivity contribution in [2.24, 2.45) is 0 Å². The predicted molar refractivity (Wildman–Crippen MR) is 42.0 cm³/mol. The van der Waals surface area contributed by atoms with E-state index in [9.17, 15) is 4.79 Å². The van der Waals surface area contributed by atoms with E-state index in [1.807, 2.05) is 0 Å². The number of nitrogens with zero attached hydrogens (tertiary/aromatic N) is 2. The average molecular weight is 221 g/mol. The fourth-order valence-corrected chi connectivity index (χ4v) is 1.73. The van der Waals surface area contributed by atoms with E-state index in [2.05, 4.69) is 26.1 Å². The summed E-state index contributed by atoms with van der Waals surface area (Å²) in [5.41, 5.74) is 0. The van der Waals surface area contributed by atoms with Gasteiger partial charge < -0.3 is 4.79 Å². The number of carbonyl (C=O) groups excluding carboxylic acids is 1. The van der Waals surface area contributed by atoms with Crippen molar-refractivity contribution in [3.05, 3.63) is 8.92 Å². The first-order valence-corrected chi connectivity index (χ1v) is 4.35. The van der Waals surface area contributed by atoms with Crippen LogP contribution in [0.4, 0.5) is 0 Å². The van der Waals surface area contributed by atoms with E-state index in [1.54, 1.807) is 0 Å². The summed E-state index contributed by atoms with van der Waals surface area (Å²) >= 11 is 4.64. The van der Waals surface area contributed by atoms with Gasteiger partial charge in [-0.2, -0.15) is 0 Å². The third-order valence-corrected chi connectivity index (χ3v) is 2.33. The molecule has 0 atom stereocenters. The second kappa shape index (κ2) is 3.78.